The van der Waals surface area contributed by atoms with Crippen LogP contribution in [0.2, 0.25) is 0 Å². The Morgan fingerprint density at radius 1 is 1.05 bits per heavy atom. The van der Waals surface area contributed by atoms with E-state index in [0.717, 1.165) is 12.2 Å². The molecule has 0 radical (unpaired) electrons. The average molecular weight is 301 g/mol. The third kappa shape index (κ3) is 2.87. The van der Waals surface area contributed by atoms with Gasteiger partial charge in [0.1, 0.15) is 12.4 Å². The molecule has 0 unspecified atom stereocenters. The van der Waals surface area contributed by atoms with Crippen LogP contribution in [0, 0.1) is 0 Å². The van der Waals surface area contributed by atoms with E-state index in [1.165, 1.54) is 26.7 Å². The van der Waals surface area contributed by atoms with Crippen molar-refractivity contribution in [3.05, 3.63) is 42.0 Å². The van der Waals surface area contributed by atoms with Crippen LogP contribution >= 0.6 is 11.8 Å². The van der Waals surface area contributed by atoms with Crippen molar-refractivity contribution in [1.29, 1.82) is 0 Å². The number of rotatable bonds is 5. The number of methoxy groups -OCH3 is 1. The second-order valence-corrected chi connectivity index (χ2v) is 5.92. The van der Waals surface area contributed by atoms with Crippen LogP contribution in [-0.4, -0.2) is 20.3 Å². The molecule has 0 bridgehead atoms. The van der Waals surface area contributed by atoms with Crippen molar-refractivity contribution in [2.75, 3.05) is 25.6 Å². The molecule has 2 aromatic rings. The zero-order chi connectivity index (χ0) is 14.7. The van der Waals surface area contributed by atoms with Crippen molar-refractivity contribution < 1.29 is 9.47 Å². The van der Waals surface area contributed by atoms with E-state index in [9.17, 15) is 0 Å². The number of benzene rings is 2. The molecule has 4 heteroatoms. The molecular weight excluding hydrogens is 282 g/mol. The summed E-state index contributed by atoms with van der Waals surface area (Å²) in [5, 5.41) is 3.56. The monoisotopic (exact) mass is 301 g/mol. The molecular formula is C17H19NO2S. The topological polar surface area (TPSA) is 30.5 Å². The third-order valence-corrected chi connectivity index (χ3v) is 4.63. The number of anilines is 2. The van der Waals surface area contributed by atoms with Crippen LogP contribution in [0.1, 0.15) is 12.5 Å². The van der Waals surface area contributed by atoms with Gasteiger partial charge in [-0.15, -0.1) is 0 Å². The average Bonchev–Trinajstić information content (AvgIpc) is 2.53. The predicted octanol–water partition coefficient (Wildman–Crippen LogP) is 4.48. The highest BCUT2D eigenvalue weighted by Crippen LogP contribution is 2.47. The van der Waals surface area contributed by atoms with Crippen LogP contribution in [0.15, 0.2) is 46.2 Å². The standard InChI is InChI=1S/C17H19NO2S/c1-3-12-14(20-11-10-19-2)8-9-16-17(12)18-13-6-4-5-7-15(13)21-16/h4-9,18H,3,10-11H2,1-2H3. The van der Waals surface area contributed by atoms with E-state index in [0.29, 0.717) is 13.2 Å². The van der Waals surface area contributed by atoms with Crippen LogP contribution in [0.25, 0.3) is 0 Å². The number of hydrogen-bond acceptors (Lipinski definition) is 4. The van der Waals surface area contributed by atoms with Gasteiger partial charge in [-0.25, -0.2) is 0 Å². The Morgan fingerprint density at radius 2 is 1.90 bits per heavy atom. The SMILES string of the molecule is CCc1c(OCCOC)ccc2c1Nc1ccccc1S2. The minimum Gasteiger partial charge on any atom is -0.491 e. The summed E-state index contributed by atoms with van der Waals surface area (Å²) >= 11 is 1.81. The van der Waals surface area contributed by atoms with E-state index < -0.39 is 0 Å². The number of nitrogens with one attached hydrogen (secondary N) is 1. The Balaban J connectivity index is 1.93. The summed E-state index contributed by atoms with van der Waals surface area (Å²) in [7, 11) is 1.69. The van der Waals surface area contributed by atoms with Gasteiger partial charge in [-0.2, -0.15) is 0 Å². The normalized spacial score (nSPS) is 12.3. The molecule has 1 aliphatic heterocycles. The summed E-state index contributed by atoms with van der Waals surface area (Å²) < 4.78 is 10.9. The van der Waals surface area contributed by atoms with Gasteiger partial charge in [-0.05, 0) is 30.7 Å². The number of para-hydroxylation sites is 1. The summed E-state index contributed by atoms with van der Waals surface area (Å²) in [5.74, 6) is 0.945. The molecule has 1 N–H and O–H groups in total. The van der Waals surface area contributed by atoms with Crippen molar-refractivity contribution in [3.63, 3.8) is 0 Å². The zero-order valence-corrected chi connectivity index (χ0v) is 13.1. The fourth-order valence-corrected chi connectivity index (χ4v) is 3.49. The molecule has 0 atom stereocenters. The lowest BCUT2D eigenvalue weighted by Gasteiger charge is -2.24. The van der Waals surface area contributed by atoms with Crippen LogP contribution in [0.3, 0.4) is 0 Å². The lowest BCUT2D eigenvalue weighted by atomic mass is 10.1. The molecule has 110 valence electrons. The first-order chi connectivity index (χ1) is 10.3. The largest absolute Gasteiger partial charge is 0.491 e. The quantitative estimate of drug-likeness (QED) is 0.704. The first-order valence-electron chi connectivity index (χ1n) is 7.15. The Hall–Kier alpha value is -1.65. The molecule has 0 fully saturated rings. The molecule has 0 amide bonds. The van der Waals surface area contributed by atoms with E-state index >= 15 is 0 Å². The molecule has 0 spiro atoms. The van der Waals surface area contributed by atoms with E-state index in [4.69, 9.17) is 9.47 Å². The summed E-state index contributed by atoms with van der Waals surface area (Å²) in [6, 6.07) is 12.6. The summed E-state index contributed by atoms with van der Waals surface area (Å²) in [6.07, 6.45) is 0.932. The Labute approximate surface area is 129 Å². The summed E-state index contributed by atoms with van der Waals surface area (Å²) in [4.78, 5) is 2.52. The predicted molar refractivity (Wildman–Crippen MR) is 87.0 cm³/mol. The molecule has 0 aromatic heterocycles. The highest BCUT2D eigenvalue weighted by Gasteiger charge is 2.20. The summed E-state index contributed by atoms with van der Waals surface area (Å²) in [5.41, 5.74) is 3.57. The van der Waals surface area contributed by atoms with E-state index in [1.807, 2.05) is 0 Å². The molecule has 0 saturated carbocycles. The van der Waals surface area contributed by atoms with E-state index in [2.05, 4.69) is 48.6 Å². The van der Waals surface area contributed by atoms with Gasteiger partial charge in [0.15, 0.2) is 0 Å². The van der Waals surface area contributed by atoms with Crippen LogP contribution in [0.4, 0.5) is 11.4 Å². The second kappa shape index (κ2) is 6.41. The maximum absolute atomic E-state index is 5.85. The number of hydrogen-bond donors (Lipinski definition) is 1. The van der Waals surface area contributed by atoms with Gasteiger partial charge in [0.25, 0.3) is 0 Å². The van der Waals surface area contributed by atoms with E-state index in [-0.39, 0.29) is 0 Å². The summed E-state index contributed by atoms with van der Waals surface area (Å²) in [6.45, 7) is 3.34. The lowest BCUT2D eigenvalue weighted by molar-refractivity contribution is 0.146. The lowest BCUT2D eigenvalue weighted by Crippen LogP contribution is -2.09. The smallest absolute Gasteiger partial charge is 0.124 e. The fourth-order valence-electron chi connectivity index (χ4n) is 2.46. The van der Waals surface area contributed by atoms with Crippen molar-refractivity contribution in [2.45, 2.75) is 23.1 Å². The van der Waals surface area contributed by atoms with Gasteiger partial charge in [-0.1, -0.05) is 30.8 Å². The maximum atomic E-state index is 5.85. The van der Waals surface area contributed by atoms with Crippen molar-refractivity contribution in [2.24, 2.45) is 0 Å². The molecule has 3 nitrogen and oxygen atoms in total. The molecule has 0 saturated heterocycles. The molecule has 3 rings (SSSR count). The second-order valence-electron chi connectivity index (χ2n) is 4.83. The van der Waals surface area contributed by atoms with Gasteiger partial charge in [0.05, 0.1) is 18.0 Å². The Kier molecular flexibility index (Phi) is 4.36. The van der Waals surface area contributed by atoms with Crippen molar-refractivity contribution in [3.8, 4) is 5.75 Å². The van der Waals surface area contributed by atoms with Gasteiger partial charge in [-0.3, -0.25) is 0 Å². The molecule has 1 aliphatic rings. The Morgan fingerprint density at radius 3 is 2.71 bits per heavy atom. The molecule has 21 heavy (non-hydrogen) atoms. The number of ether oxygens (including phenoxy) is 2. The van der Waals surface area contributed by atoms with Crippen LogP contribution in [0.5, 0.6) is 5.75 Å². The third-order valence-electron chi connectivity index (χ3n) is 3.50. The molecule has 2 aromatic carbocycles. The Bertz CT molecular complexity index is 643. The highest BCUT2D eigenvalue weighted by molar-refractivity contribution is 7.99. The molecule has 0 aliphatic carbocycles. The minimum atomic E-state index is 0.575. The first-order valence-corrected chi connectivity index (χ1v) is 7.96. The maximum Gasteiger partial charge on any atom is 0.124 e. The van der Waals surface area contributed by atoms with Crippen LogP contribution in [-0.2, 0) is 11.2 Å². The van der Waals surface area contributed by atoms with Gasteiger partial charge >= 0.3 is 0 Å². The molecule has 1 heterocycles. The zero-order valence-electron chi connectivity index (χ0n) is 12.3. The van der Waals surface area contributed by atoms with E-state index in [1.54, 1.807) is 18.9 Å². The van der Waals surface area contributed by atoms with Gasteiger partial charge in [0.2, 0.25) is 0 Å². The van der Waals surface area contributed by atoms with Gasteiger partial charge < -0.3 is 14.8 Å². The highest BCUT2D eigenvalue weighted by atomic mass is 32.2. The van der Waals surface area contributed by atoms with Crippen molar-refractivity contribution >= 4 is 23.1 Å². The first kappa shape index (κ1) is 14.3. The minimum absolute atomic E-state index is 0.575. The van der Waals surface area contributed by atoms with Gasteiger partial charge in [0, 0.05) is 22.5 Å². The van der Waals surface area contributed by atoms with Crippen LogP contribution < -0.4 is 10.1 Å². The van der Waals surface area contributed by atoms with Crippen molar-refractivity contribution in [1.82, 2.24) is 0 Å². The fraction of sp³-hybridized carbons (Fsp3) is 0.294. The number of fused-ring (bicyclic) bond motifs is 2.